The van der Waals surface area contributed by atoms with Crippen molar-refractivity contribution in [3.63, 3.8) is 0 Å². The molecule has 1 aliphatic rings. The lowest BCUT2D eigenvalue weighted by Crippen LogP contribution is -2.16. The molecule has 1 saturated carbocycles. The van der Waals surface area contributed by atoms with Gasteiger partial charge in [0.25, 0.3) is 0 Å². The minimum atomic E-state index is 0.0213. The molecule has 0 aromatic heterocycles. The zero-order valence-corrected chi connectivity index (χ0v) is 12.4. The Labute approximate surface area is 120 Å². The zero-order chi connectivity index (χ0) is 14.9. The van der Waals surface area contributed by atoms with Crippen LogP contribution in [-0.2, 0) is 4.79 Å². The van der Waals surface area contributed by atoms with Gasteiger partial charge in [0, 0.05) is 5.69 Å². The summed E-state index contributed by atoms with van der Waals surface area (Å²) in [5, 5.41) is 11.7. The van der Waals surface area contributed by atoms with Crippen LogP contribution in [0.1, 0.15) is 33.3 Å². The van der Waals surface area contributed by atoms with Crippen LogP contribution in [-0.4, -0.2) is 5.91 Å². The molecule has 0 radical (unpaired) electrons. The third-order valence-electron chi connectivity index (χ3n) is 3.99. The van der Waals surface area contributed by atoms with E-state index < -0.39 is 0 Å². The lowest BCUT2D eigenvalue weighted by molar-refractivity contribution is -0.118. The number of anilines is 1. The first kappa shape index (κ1) is 14.3. The summed E-state index contributed by atoms with van der Waals surface area (Å²) in [6.07, 6.45) is 2.18. The summed E-state index contributed by atoms with van der Waals surface area (Å²) in [6, 6.07) is 9.01. The molecule has 3 heteroatoms. The van der Waals surface area contributed by atoms with Crippen molar-refractivity contribution < 1.29 is 4.79 Å². The van der Waals surface area contributed by atoms with E-state index in [0.717, 1.165) is 5.69 Å². The third kappa shape index (κ3) is 2.75. The van der Waals surface area contributed by atoms with Gasteiger partial charge in [0.1, 0.15) is 0 Å². The van der Waals surface area contributed by atoms with Gasteiger partial charge in [-0.25, -0.2) is 0 Å². The number of benzene rings is 1. The fourth-order valence-corrected chi connectivity index (χ4v) is 2.70. The maximum absolute atomic E-state index is 12.3. The molecule has 3 nitrogen and oxygen atoms in total. The molecule has 1 aromatic carbocycles. The number of nitriles is 1. The van der Waals surface area contributed by atoms with E-state index in [1.165, 1.54) is 5.57 Å². The standard InChI is InChI=1S/C17H20N2O/c1-11(2)9-14-15(17(14,3)4)16(20)19-13-7-5-12(10-18)6-8-13/h5-9,14-15H,1-4H3,(H,19,20). The lowest BCUT2D eigenvalue weighted by Gasteiger charge is -2.06. The average Bonchev–Trinajstić information content (AvgIpc) is 2.91. The van der Waals surface area contributed by atoms with E-state index in [1.54, 1.807) is 24.3 Å². The number of carbonyl (C=O) groups is 1. The summed E-state index contributed by atoms with van der Waals surface area (Å²) in [7, 11) is 0. The molecule has 0 heterocycles. The maximum Gasteiger partial charge on any atom is 0.228 e. The topological polar surface area (TPSA) is 52.9 Å². The highest BCUT2D eigenvalue weighted by Gasteiger charge is 2.60. The number of rotatable bonds is 3. The highest BCUT2D eigenvalue weighted by Crippen LogP contribution is 2.59. The van der Waals surface area contributed by atoms with Crippen molar-refractivity contribution in [2.24, 2.45) is 17.3 Å². The lowest BCUT2D eigenvalue weighted by atomic mass is 10.1. The van der Waals surface area contributed by atoms with E-state index in [0.29, 0.717) is 11.5 Å². The summed E-state index contributed by atoms with van der Waals surface area (Å²) < 4.78 is 0. The molecule has 0 spiro atoms. The first-order valence-corrected chi connectivity index (χ1v) is 6.82. The van der Waals surface area contributed by atoms with Crippen molar-refractivity contribution in [1.82, 2.24) is 0 Å². The number of hydrogen-bond acceptors (Lipinski definition) is 2. The molecule has 2 unspecified atom stereocenters. The van der Waals surface area contributed by atoms with Crippen molar-refractivity contribution in [1.29, 1.82) is 5.26 Å². The Morgan fingerprint density at radius 3 is 2.40 bits per heavy atom. The molecule has 1 aliphatic carbocycles. The van der Waals surface area contributed by atoms with E-state index >= 15 is 0 Å². The van der Waals surface area contributed by atoms with Crippen LogP contribution in [0.25, 0.3) is 0 Å². The van der Waals surface area contributed by atoms with Gasteiger partial charge in [-0.2, -0.15) is 5.26 Å². The van der Waals surface area contributed by atoms with Gasteiger partial charge in [0.05, 0.1) is 17.6 Å². The van der Waals surface area contributed by atoms with E-state index in [2.05, 4.69) is 45.2 Å². The van der Waals surface area contributed by atoms with Crippen LogP contribution < -0.4 is 5.32 Å². The van der Waals surface area contributed by atoms with Crippen molar-refractivity contribution in [2.45, 2.75) is 27.7 Å². The second-order valence-electron chi connectivity index (χ2n) is 6.25. The maximum atomic E-state index is 12.3. The van der Waals surface area contributed by atoms with Crippen molar-refractivity contribution in [2.75, 3.05) is 5.32 Å². The Morgan fingerprint density at radius 2 is 1.90 bits per heavy atom. The van der Waals surface area contributed by atoms with Gasteiger partial charge in [-0.05, 0) is 49.4 Å². The van der Waals surface area contributed by atoms with Gasteiger partial charge in [0.15, 0.2) is 0 Å². The van der Waals surface area contributed by atoms with Gasteiger partial charge in [-0.3, -0.25) is 4.79 Å². The van der Waals surface area contributed by atoms with Crippen molar-refractivity contribution >= 4 is 11.6 Å². The smallest absolute Gasteiger partial charge is 0.228 e. The van der Waals surface area contributed by atoms with E-state index in [-0.39, 0.29) is 17.2 Å². The van der Waals surface area contributed by atoms with E-state index in [1.807, 2.05) is 0 Å². The average molecular weight is 268 g/mol. The number of carbonyl (C=O) groups excluding carboxylic acids is 1. The Balaban J connectivity index is 2.06. The largest absolute Gasteiger partial charge is 0.326 e. The van der Waals surface area contributed by atoms with Crippen molar-refractivity contribution in [3.05, 3.63) is 41.5 Å². The molecule has 1 N–H and O–H groups in total. The Hall–Kier alpha value is -2.08. The third-order valence-corrected chi connectivity index (χ3v) is 3.99. The number of allylic oxidation sites excluding steroid dienone is 2. The minimum Gasteiger partial charge on any atom is -0.326 e. The molecular weight excluding hydrogens is 248 g/mol. The summed E-state index contributed by atoms with van der Waals surface area (Å²) in [4.78, 5) is 12.3. The molecule has 2 rings (SSSR count). The van der Waals surface area contributed by atoms with Crippen LogP contribution in [0.5, 0.6) is 0 Å². The second-order valence-corrected chi connectivity index (χ2v) is 6.25. The Kier molecular flexibility index (Phi) is 3.67. The highest BCUT2D eigenvalue weighted by molar-refractivity contribution is 5.95. The SMILES string of the molecule is CC(C)=CC1C(C(=O)Nc2ccc(C#N)cc2)C1(C)C. The van der Waals surface area contributed by atoms with Crippen LogP contribution in [0.2, 0.25) is 0 Å². The summed E-state index contributed by atoms with van der Waals surface area (Å²) >= 11 is 0. The van der Waals surface area contributed by atoms with Crippen LogP contribution in [0, 0.1) is 28.6 Å². The van der Waals surface area contributed by atoms with Crippen LogP contribution in [0.15, 0.2) is 35.9 Å². The van der Waals surface area contributed by atoms with Gasteiger partial charge < -0.3 is 5.32 Å². The van der Waals surface area contributed by atoms with Gasteiger partial charge in [-0.15, -0.1) is 0 Å². The Bertz CT molecular complexity index is 586. The van der Waals surface area contributed by atoms with Crippen LogP contribution in [0.3, 0.4) is 0 Å². The van der Waals surface area contributed by atoms with Gasteiger partial charge >= 0.3 is 0 Å². The first-order valence-electron chi connectivity index (χ1n) is 6.82. The highest BCUT2D eigenvalue weighted by atomic mass is 16.2. The number of hydrogen-bond donors (Lipinski definition) is 1. The monoisotopic (exact) mass is 268 g/mol. The predicted octanol–water partition coefficient (Wildman–Crippen LogP) is 3.74. The number of amides is 1. The summed E-state index contributed by atoms with van der Waals surface area (Å²) in [6.45, 7) is 8.37. The molecule has 1 fully saturated rings. The molecule has 104 valence electrons. The molecule has 2 atom stereocenters. The van der Waals surface area contributed by atoms with E-state index in [4.69, 9.17) is 5.26 Å². The van der Waals surface area contributed by atoms with Gasteiger partial charge in [-0.1, -0.05) is 25.5 Å². The molecule has 1 aromatic rings. The van der Waals surface area contributed by atoms with Crippen LogP contribution in [0.4, 0.5) is 5.69 Å². The fourth-order valence-electron chi connectivity index (χ4n) is 2.70. The molecule has 0 saturated heterocycles. The normalized spacial score (nSPS) is 22.6. The number of nitrogens with zero attached hydrogens (tertiary/aromatic N) is 1. The molecule has 0 bridgehead atoms. The molecule has 20 heavy (non-hydrogen) atoms. The fraction of sp³-hybridized carbons (Fsp3) is 0.412. The van der Waals surface area contributed by atoms with E-state index in [9.17, 15) is 4.79 Å². The molecule has 1 amide bonds. The summed E-state index contributed by atoms with van der Waals surface area (Å²) in [5.74, 6) is 0.390. The second kappa shape index (κ2) is 5.13. The Morgan fingerprint density at radius 1 is 1.30 bits per heavy atom. The molecule has 0 aliphatic heterocycles. The quantitative estimate of drug-likeness (QED) is 0.849. The predicted molar refractivity (Wildman–Crippen MR) is 80.0 cm³/mol. The van der Waals surface area contributed by atoms with Crippen LogP contribution >= 0.6 is 0 Å². The molecular formula is C17H20N2O. The minimum absolute atomic E-state index is 0.0213. The number of nitrogens with one attached hydrogen (secondary N) is 1. The summed E-state index contributed by atoms with van der Waals surface area (Å²) in [5.41, 5.74) is 2.61. The zero-order valence-electron chi connectivity index (χ0n) is 12.4. The van der Waals surface area contributed by atoms with Crippen molar-refractivity contribution in [3.8, 4) is 6.07 Å². The first-order chi connectivity index (χ1) is 9.36. The van der Waals surface area contributed by atoms with Gasteiger partial charge in [0.2, 0.25) is 5.91 Å².